The van der Waals surface area contributed by atoms with Gasteiger partial charge in [0.1, 0.15) is 24.2 Å². The molecule has 30 heavy (non-hydrogen) atoms. The van der Waals surface area contributed by atoms with Gasteiger partial charge < -0.3 is 28.8 Å². The van der Waals surface area contributed by atoms with Crippen LogP contribution in [0.2, 0.25) is 0 Å². The van der Waals surface area contributed by atoms with Crippen molar-refractivity contribution in [2.75, 3.05) is 20.8 Å². The Hall–Kier alpha value is -3.17. The second kappa shape index (κ2) is 9.55. The standard InChI is InChI=1S/C21H21FO8/c1-26-14-7-3-12(4-8-14)19(23)28-11-16-18(17(22)21(25)29-16)30-20(24)13-5-9-15(27-2)10-6-13/h3-10,16-18,21,25H,11H2,1-2H3/t16-,17+,18-,21?/m1/s1. The average Bonchev–Trinajstić information content (AvgIpc) is 3.05. The molecule has 0 aliphatic carbocycles. The summed E-state index contributed by atoms with van der Waals surface area (Å²) in [7, 11) is 2.98. The summed E-state index contributed by atoms with van der Waals surface area (Å²) in [5, 5.41) is 9.67. The summed E-state index contributed by atoms with van der Waals surface area (Å²) in [5.41, 5.74) is 0.413. The normalized spacial score (nSPS) is 22.9. The van der Waals surface area contributed by atoms with Gasteiger partial charge in [-0.25, -0.2) is 14.0 Å². The van der Waals surface area contributed by atoms with E-state index < -0.39 is 43.2 Å². The highest BCUT2D eigenvalue weighted by molar-refractivity contribution is 5.90. The van der Waals surface area contributed by atoms with Crippen molar-refractivity contribution in [3.8, 4) is 11.5 Å². The molecular weight excluding hydrogens is 399 g/mol. The maximum Gasteiger partial charge on any atom is 0.338 e. The first kappa shape index (κ1) is 21.5. The van der Waals surface area contributed by atoms with Crippen LogP contribution in [0.4, 0.5) is 4.39 Å². The highest BCUT2D eigenvalue weighted by Crippen LogP contribution is 2.27. The smallest absolute Gasteiger partial charge is 0.338 e. The zero-order valence-corrected chi connectivity index (χ0v) is 16.3. The first-order valence-electron chi connectivity index (χ1n) is 9.06. The first-order valence-corrected chi connectivity index (χ1v) is 9.06. The molecule has 2 aromatic carbocycles. The predicted octanol–water partition coefficient (Wildman–Crippen LogP) is 2.14. The number of halogens is 1. The minimum Gasteiger partial charge on any atom is -0.497 e. The summed E-state index contributed by atoms with van der Waals surface area (Å²) < 4.78 is 39.8. The van der Waals surface area contributed by atoms with E-state index in [1.54, 1.807) is 24.3 Å². The lowest BCUT2D eigenvalue weighted by molar-refractivity contribution is -0.122. The number of hydrogen-bond donors (Lipinski definition) is 1. The van der Waals surface area contributed by atoms with Crippen LogP contribution in [0.25, 0.3) is 0 Å². The fraction of sp³-hybridized carbons (Fsp3) is 0.333. The van der Waals surface area contributed by atoms with Gasteiger partial charge in [0, 0.05) is 0 Å². The van der Waals surface area contributed by atoms with E-state index in [4.69, 9.17) is 23.7 Å². The fourth-order valence-electron chi connectivity index (χ4n) is 2.86. The van der Waals surface area contributed by atoms with Gasteiger partial charge in [0.2, 0.25) is 0 Å². The molecule has 8 nitrogen and oxygen atoms in total. The summed E-state index contributed by atoms with van der Waals surface area (Å²) in [6.07, 6.45) is -6.40. The quantitative estimate of drug-likeness (QED) is 0.680. The first-order chi connectivity index (χ1) is 14.4. The number of carbonyl (C=O) groups excluding carboxylic acids is 2. The summed E-state index contributed by atoms with van der Waals surface area (Å²) in [4.78, 5) is 24.5. The van der Waals surface area contributed by atoms with Gasteiger partial charge in [-0.15, -0.1) is 0 Å². The fourth-order valence-corrected chi connectivity index (χ4v) is 2.86. The van der Waals surface area contributed by atoms with E-state index in [0.29, 0.717) is 11.5 Å². The summed E-state index contributed by atoms with van der Waals surface area (Å²) in [6.45, 7) is -0.414. The molecular formula is C21H21FO8. The number of hydrogen-bond acceptors (Lipinski definition) is 8. The van der Waals surface area contributed by atoms with E-state index in [-0.39, 0.29) is 11.1 Å². The van der Waals surface area contributed by atoms with E-state index in [1.165, 1.54) is 38.5 Å². The van der Waals surface area contributed by atoms with E-state index in [9.17, 15) is 19.1 Å². The largest absolute Gasteiger partial charge is 0.497 e. The number of alkyl halides is 1. The third kappa shape index (κ3) is 4.87. The lowest BCUT2D eigenvalue weighted by Gasteiger charge is -2.19. The van der Waals surface area contributed by atoms with Crippen molar-refractivity contribution in [1.82, 2.24) is 0 Å². The highest BCUT2D eigenvalue weighted by atomic mass is 19.1. The van der Waals surface area contributed by atoms with Crippen molar-refractivity contribution in [3.63, 3.8) is 0 Å². The Kier molecular flexibility index (Phi) is 6.86. The maximum atomic E-state index is 14.3. The summed E-state index contributed by atoms with van der Waals surface area (Å²) in [5.74, 6) is -0.384. The maximum absolute atomic E-state index is 14.3. The minimum absolute atomic E-state index is 0.165. The molecule has 0 bridgehead atoms. The van der Waals surface area contributed by atoms with Gasteiger partial charge in [-0.3, -0.25) is 0 Å². The highest BCUT2D eigenvalue weighted by Gasteiger charge is 2.47. The Bertz CT molecular complexity index is 868. The number of methoxy groups -OCH3 is 2. The third-order valence-corrected chi connectivity index (χ3v) is 4.54. The number of ether oxygens (including phenoxy) is 5. The number of esters is 2. The van der Waals surface area contributed by atoms with Crippen molar-refractivity contribution in [3.05, 3.63) is 59.7 Å². The van der Waals surface area contributed by atoms with Crippen LogP contribution >= 0.6 is 0 Å². The lowest BCUT2D eigenvalue weighted by atomic mass is 10.1. The molecule has 1 saturated heterocycles. The Morgan fingerprint density at radius 3 is 1.93 bits per heavy atom. The van der Waals surface area contributed by atoms with Crippen LogP contribution in [-0.2, 0) is 14.2 Å². The van der Waals surface area contributed by atoms with Gasteiger partial charge in [-0.2, -0.15) is 0 Å². The molecule has 9 heteroatoms. The molecule has 1 aliphatic rings. The second-order valence-corrected chi connectivity index (χ2v) is 6.43. The Morgan fingerprint density at radius 1 is 0.933 bits per heavy atom. The Balaban J connectivity index is 1.62. The number of carbonyl (C=O) groups is 2. The second-order valence-electron chi connectivity index (χ2n) is 6.43. The van der Waals surface area contributed by atoms with Crippen LogP contribution in [-0.4, -0.2) is 62.5 Å². The molecule has 2 aromatic rings. The molecule has 1 heterocycles. The molecule has 0 aromatic heterocycles. The van der Waals surface area contributed by atoms with Crippen LogP contribution in [0.1, 0.15) is 20.7 Å². The Labute approximate surface area is 172 Å². The van der Waals surface area contributed by atoms with Crippen LogP contribution < -0.4 is 9.47 Å². The summed E-state index contributed by atoms with van der Waals surface area (Å²) >= 11 is 0. The van der Waals surface area contributed by atoms with Gasteiger partial charge >= 0.3 is 11.9 Å². The van der Waals surface area contributed by atoms with Crippen LogP contribution in [0, 0.1) is 0 Å². The molecule has 160 valence electrons. The zero-order valence-electron chi connectivity index (χ0n) is 16.3. The lowest BCUT2D eigenvalue weighted by Crippen LogP contribution is -2.37. The van der Waals surface area contributed by atoms with Gasteiger partial charge in [0.15, 0.2) is 18.6 Å². The summed E-state index contributed by atoms with van der Waals surface area (Å²) in [6, 6.07) is 12.2. The van der Waals surface area contributed by atoms with Crippen molar-refractivity contribution in [1.29, 1.82) is 0 Å². The topological polar surface area (TPSA) is 101 Å². The number of benzene rings is 2. The molecule has 0 amide bonds. The van der Waals surface area contributed by atoms with Crippen LogP contribution in [0.15, 0.2) is 48.5 Å². The SMILES string of the molecule is COc1ccc(C(=O)OC[C@H]2OC(O)[C@@H](F)[C@@H]2OC(=O)c2ccc(OC)cc2)cc1. The Morgan fingerprint density at radius 2 is 1.43 bits per heavy atom. The van der Waals surface area contributed by atoms with Crippen LogP contribution in [0.3, 0.4) is 0 Å². The molecule has 1 fully saturated rings. The zero-order chi connectivity index (χ0) is 21.7. The van der Waals surface area contributed by atoms with Gasteiger partial charge in [0.25, 0.3) is 0 Å². The molecule has 1 unspecified atom stereocenters. The predicted molar refractivity (Wildman–Crippen MR) is 101 cm³/mol. The molecule has 0 spiro atoms. The van der Waals surface area contributed by atoms with Gasteiger partial charge in [-0.1, -0.05) is 0 Å². The van der Waals surface area contributed by atoms with E-state index >= 15 is 0 Å². The molecule has 4 atom stereocenters. The molecule has 0 saturated carbocycles. The van der Waals surface area contributed by atoms with Crippen molar-refractivity contribution >= 4 is 11.9 Å². The van der Waals surface area contributed by atoms with Crippen LogP contribution in [0.5, 0.6) is 11.5 Å². The van der Waals surface area contributed by atoms with E-state index in [1.807, 2.05) is 0 Å². The monoisotopic (exact) mass is 420 g/mol. The molecule has 0 radical (unpaired) electrons. The van der Waals surface area contributed by atoms with E-state index in [0.717, 1.165) is 0 Å². The molecule has 3 rings (SSSR count). The van der Waals surface area contributed by atoms with E-state index in [2.05, 4.69) is 0 Å². The van der Waals surface area contributed by atoms with Crippen molar-refractivity contribution < 1.29 is 42.8 Å². The third-order valence-electron chi connectivity index (χ3n) is 4.54. The number of aliphatic hydroxyl groups excluding tert-OH is 1. The molecule has 1 aliphatic heterocycles. The number of rotatable bonds is 7. The van der Waals surface area contributed by atoms with Gasteiger partial charge in [-0.05, 0) is 48.5 Å². The van der Waals surface area contributed by atoms with Crippen molar-refractivity contribution in [2.24, 2.45) is 0 Å². The van der Waals surface area contributed by atoms with Gasteiger partial charge in [0.05, 0.1) is 25.3 Å². The van der Waals surface area contributed by atoms with Crippen molar-refractivity contribution in [2.45, 2.75) is 24.7 Å². The molecule has 1 N–H and O–H groups in total. The average molecular weight is 420 g/mol. The number of aliphatic hydroxyl groups is 1. The minimum atomic E-state index is -1.99.